The fourth-order valence-electron chi connectivity index (χ4n) is 3.23. The Morgan fingerprint density at radius 3 is 2.48 bits per heavy atom. The summed E-state index contributed by atoms with van der Waals surface area (Å²) in [6.45, 7) is 3.53. The number of hydrogen-bond acceptors (Lipinski definition) is 5. The molecule has 0 spiro atoms. The second-order valence-electron chi connectivity index (χ2n) is 7.49. The zero-order chi connectivity index (χ0) is 22.6. The lowest BCUT2D eigenvalue weighted by Gasteiger charge is -2.36. The molecule has 168 valence electrons. The highest BCUT2D eigenvalue weighted by molar-refractivity contribution is 7.86. The summed E-state index contributed by atoms with van der Waals surface area (Å²) in [6, 6.07) is 7.70. The molecule has 1 saturated heterocycles. The first-order valence-corrected chi connectivity index (χ1v) is 11.2. The number of aromatic nitrogens is 1. The van der Waals surface area contributed by atoms with E-state index in [0.717, 1.165) is 5.69 Å². The molecule has 2 aromatic rings. The van der Waals surface area contributed by atoms with Crippen molar-refractivity contribution >= 4 is 27.6 Å². The molecular formula is C20H27FN6O3S. The highest BCUT2D eigenvalue weighted by Gasteiger charge is 2.28. The van der Waals surface area contributed by atoms with Crippen molar-refractivity contribution in [1.29, 1.82) is 0 Å². The molecule has 1 aliphatic heterocycles. The predicted molar refractivity (Wildman–Crippen MR) is 118 cm³/mol. The predicted octanol–water partition coefficient (Wildman–Crippen LogP) is 1.78. The third kappa shape index (κ3) is 5.90. The van der Waals surface area contributed by atoms with E-state index >= 15 is 0 Å². The summed E-state index contributed by atoms with van der Waals surface area (Å²) in [5, 5.41) is 5.38. The van der Waals surface area contributed by atoms with Gasteiger partial charge in [0.25, 0.3) is 10.2 Å². The molecule has 1 aliphatic rings. The van der Waals surface area contributed by atoms with Crippen molar-refractivity contribution in [2.45, 2.75) is 13.5 Å². The average Bonchev–Trinajstić information content (AvgIpc) is 2.73. The van der Waals surface area contributed by atoms with Crippen LogP contribution in [-0.2, 0) is 16.8 Å². The van der Waals surface area contributed by atoms with Crippen LogP contribution in [0.1, 0.15) is 11.3 Å². The van der Waals surface area contributed by atoms with Crippen molar-refractivity contribution < 1.29 is 17.6 Å². The topological polar surface area (TPSA) is 97.9 Å². The lowest BCUT2D eigenvalue weighted by Crippen LogP contribution is -2.51. The van der Waals surface area contributed by atoms with Gasteiger partial charge in [-0.05, 0) is 42.8 Å². The van der Waals surface area contributed by atoms with Crippen molar-refractivity contribution in [2.24, 2.45) is 0 Å². The molecule has 0 unspecified atom stereocenters. The summed E-state index contributed by atoms with van der Waals surface area (Å²) in [5.74, 6) is -0.416. The van der Waals surface area contributed by atoms with Gasteiger partial charge < -0.3 is 15.5 Å². The number of piperazine rings is 1. The zero-order valence-electron chi connectivity index (χ0n) is 17.8. The quantitative estimate of drug-likeness (QED) is 0.699. The van der Waals surface area contributed by atoms with Gasteiger partial charge in [0, 0.05) is 58.2 Å². The Bertz CT molecular complexity index is 1020. The molecule has 1 aromatic carbocycles. The van der Waals surface area contributed by atoms with E-state index in [1.54, 1.807) is 24.4 Å². The third-order valence-corrected chi connectivity index (χ3v) is 6.90. The number of halogens is 1. The van der Waals surface area contributed by atoms with Crippen LogP contribution in [0.4, 0.5) is 20.6 Å². The number of carbonyl (C=O) groups is 1. The molecular weight excluding hydrogens is 423 g/mol. The first kappa shape index (κ1) is 22.9. The van der Waals surface area contributed by atoms with E-state index in [-0.39, 0.29) is 6.54 Å². The minimum absolute atomic E-state index is 0.144. The minimum Gasteiger partial charge on any atom is -0.369 e. The van der Waals surface area contributed by atoms with Gasteiger partial charge in [-0.3, -0.25) is 4.98 Å². The van der Waals surface area contributed by atoms with Gasteiger partial charge in [0.05, 0.1) is 11.9 Å². The van der Waals surface area contributed by atoms with Gasteiger partial charge in [-0.2, -0.15) is 17.0 Å². The van der Waals surface area contributed by atoms with Crippen LogP contribution in [0.15, 0.2) is 36.5 Å². The molecule has 0 atom stereocenters. The Morgan fingerprint density at radius 2 is 1.87 bits per heavy atom. The maximum atomic E-state index is 14.2. The molecule has 2 amide bonds. The maximum Gasteiger partial charge on any atom is 0.319 e. The Kier molecular flexibility index (Phi) is 7.08. The first-order chi connectivity index (χ1) is 14.6. The zero-order valence-corrected chi connectivity index (χ0v) is 18.6. The van der Waals surface area contributed by atoms with Crippen LogP contribution in [0.5, 0.6) is 0 Å². The fraction of sp³-hybridized carbons (Fsp3) is 0.400. The number of pyridine rings is 1. The number of aryl methyl sites for hydroxylation is 1. The summed E-state index contributed by atoms with van der Waals surface area (Å²) in [4.78, 5) is 18.2. The van der Waals surface area contributed by atoms with Crippen LogP contribution in [0.25, 0.3) is 0 Å². The maximum absolute atomic E-state index is 14.2. The fourth-order valence-corrected chi connectivity index (χ4v) is 4.31. The summed E-state index contributed by atoms with van der Waals surface area (Å²) < 4.78 is 41.3. The molecule has 1 fully saturated rings. The molecule has 1 aromatic heterocycles. The number of nitrogens with one attached hydrogen (secondary N) is 2. The summed E-state index contributed by atoms with van der Waals surface area (Å²) in [5.41, 5.74) is 2.67. The highest BCUT2D eigenvalue weighted by Crippen LogP contribution is 2.21. The number of nitrogens with zero attached hydrogens (tertiary/aromatic N) is 4. The first-order valence-electron chi connectivity index (χ1n) is 9.84. The second kappa shape index (κ2) is 9.58. The van der Waals surface area contributed by atoms with Gasteiger partial charge in [0.1, 0.15) is 5.82 Å². The number of hydrogen-bond donors (Lipinski definition) is 2. The number of urea groups is 1. The van der Waals surface area contributed by atoms with Crippen LogP contribution in [0.3, 0.4) is 0 Å². The van der Waals surface area contributed by atoms with Gasteiger partial charge in [0.2, 0.25) is 0 Å². The van der Waals surface area contributed by atoms with Crippen molar-refractivity contribution in [2.75, 3.05) is 50.5 Å². The molecule has 3 rings (SSSR count). The van der Waals surface area contributed by atoms with Crippen molar-refractivity contribution in [3.63, 3.8) is 0 Å². The highest BCUT2D eigenvalue weighted by atomic mass is 32.2. The van der Waals surface area contributed by atoms with Crippen LogP contribution < -0.4 is 15.5 Å². The van der Waals surface area contributed by atoms with Gasteiger partial charge in [-0.15, -0.1) is 0 Å². The van der Waals surface area contributed by atoms with Gasteiger partial charge in [-0.25, -0.2) is 9.18 Å². The second-order valence-corrected chi connectivity index (χ2v) is 9.63. The van der Waals surface area contributed by atoms with Crippen molar-refractivity contribution in [1.82, 2.24) is 18.9 Å². The number of anilines is 2. The van der Waals surface area contributed by atoms with Gasteiger partial charge in [-0.1, -0.05) is 0 Å². The lowest BCUT2D eigenvalue weighted by molar-refractivity contribution is 0.251. The van der Waals surface area contributed by atoms with Crippen LogP contribution in [-0.4, -0.2) is 68.3 Å². The molecule has 11 heteroatoms. The summed E-state index contributed by atoms with van der Waals surface area (Å²) in [6.07, 6.45) is 1.56. The van der Waals surface area contributed by atoms with E-state index in [9.17, 15) is 17.6 Å². The molecule has 31 heavy (non-hydrogen) atoms. The normalized spacial score (nSPS) is 15.2. The SMILES string of the molecule is Cc1ccc(NC(=O)NCc2cc(F)cc(N3CCN(S(=O)(=O)N(C)C)CC3)c2)cn1. The molecule has 0 aliphatic carbocycles. The van der Waals surface area contributed by atoms with Crippen molar-refractivity contribution in [3.8, 4) is 0 Å². The molecule has 0 saturated carbocycles. The van der Waals surface area contributed by atoms with E-state index in [1.807, 2.05) is 11.8 Å². The molecule has 0 radical (unpaired) electrons. The Hall–Kier alpha value is -2.76. The minimum atomic E-state index is -3.46. The van der Waals surface area contributed by atoms with E-state index in [2.05, 4.69) is 15.6 Å². The standard InChI is InChI=1S/C20H27FN6O3S/c1-15-4-5-18(14-22-15)24-20(28)23-13-16-10-17(21)12-19(11-16)26-6-8-27(9-7-26)31(29,30)25(2)3/h4-5,10-12,14H,6-9,13H2,1-3H3,(H2,23,24,28). The van der Waals surface area contributed by atoms with E-state index in [4.69, 9.17) is 0 Å². The number of carbonyl (C=O) groups excluding carboxylic acids is 1. The number of benzene rings is 1. The van der Waals surface area contributed by atoms with Crippen molar-refractivity contribution in [3.05, 3.63) is 53.6 Å². The van der Waals surface area contributed by atoms with E-state index < -0.39 is 22.1 Å². The number of rotatable bonds is 6. The number of amides is 2. The summed E-state index contributed by atoms with van der Waals surface area (Å²) in [7, 11) is -0.463. The Labute approximate surface area is 182 Å². The summed E-state index contributed by atoms with van der Waals surface area (Å²) >= 11 is 0. The van der Waals surface area contributed by atoms with Gasteiger partial charge >= 0.3 is 6.03 Å². The largest absolute Gasteiger partial charge is 0.369 e. The van der Waals surface area contributed by atoms with Crippen LogP contribution >= 0.6 is 0 Å². The van der Waals surface area contributed by atoms with E-state index in [1.165, 1.54) is 34.8 Å². The third-order valence-electron chi connectivity index (χ3n) is 4.96. The Morgan fingerprint density at radius 1 is 1.16 bits per heavy atom. The molecule has 2 N–H and O–H groups in total. The van der Waals surface area contributed by atoms with E-state index in [0.29, 0.717) is 43.1 Å². The lowest BCUT2D eigenvalue weighted by atomic mass is 10.1. The van der Waals surface area contributed by atoms with Gasteiger partial charge in [0.15, 0.2) is 0 Å². The van der Waals surface area contributed by atoms with Crippen LogP contribution in [0.2, 0.25) is 0 Å². The smallest absolute Gasteiger partial charge is 0.319 e. The van der Waals surface area contributed by atoms with Crippen LogP contribution in [0, 0.1) is 12.7 Å². The Balaban J connectivity index is 1.59. The molecule has 0 bridgehead atoms. The monoisotopic (exact) mass is 450 g/mol. The molecule has 9 nitrogen and oxygen atoms in total. The average molecular weight is 451 g/mol. The molecule has 2 heterocycles.